The van der Waals surface area contributed by atoms with Gasteiger partial charge in [-0.25, -0.2) is 4.98 Å². The van der Waals surface area contributed by atoms with E-state index in [9.17, 15) is 4.79 Å². The summed E-state index contributed by atoms with van der Waals surface area (Å²) in [4.78, 5) is 18.3. The Kier molecular flexibility index (Phi) is 5.12. The fourth-order valence-electron chi connectivity index (χ4n) is 2.56. The second-order valence-corrected chi connectivity index (χ2v) is 5.72. The molecule has 0 radical (unpaired) electrons. The van der Waals surface area contributed by atoms with Crippen LogP contribution in [-0.4, -0.2) is 36.6 Å². The summed E-state index contributed by atoms with van der Waals surface area (Å²) in [7, 11) is 3.28. The van der Waals surface area contributed by atoms with Gasteiger partial charge in [-0.1, -0.05) is 12.2 Å². The van der Waals surface area contributed by atoms with E-state index in [1.807, 2.05) is 11.9 Å². The molecule has 0 saturated carbocycles. The molecule has 0 amide bonds. The quantitative estimate of drug-likeness (QED) is 0.658. The van der Waals surface area contributed by atoms with Crippen LogP contribution < -0.4 is 10.6 Å². The molecule has 0 atom stereocenters. The summed E-state index contributed by atoms with van der Waals surface area (Å²) in [6.45, 7) is 0.522. The number of carbonyl (C=O) groups is 1. The van der Waals surface area contributed by atoms with Crippen LogP contribution in [0.15, 0.2) is 6.07 Å². The Bertz CT molecular complexity index is 560. The fraction of sp³-hybridized carbons (Fsp3) is 0.533. The number of esters is 1. The Morgan fingerprint density at radius 2 is 2.19 bits per heavy atom. The monoisotopic (exact) mass is 307 g/mol. The normalized spacial score (nSPS) is 13.4. The van der Waals surface area contributed by atoms with Crippen LogP contribution in [0.1, 0.15) is 36.1 Å². The van der Waals surface area contributed by atoms with E-state index in [0.29, 0.717) is 18.0 Å². The molecule has 1 aromatic heterocycles. The number of aryl methyl sites for hydroxylation is 2. The average Bonchev–Trinajstić information content (AvgIpc) is 2.50. The van der Waals surface area contributed by atoms with Gasteiger partial charge in [0.2, 0.25) is 0 Å². The zero-order chi connectivity index (χ0) is 15.4. The number of hydrogen-bond donors (Lipinski definition) is 1. The zero-order valence-electron chi connectivity index (χ0n) is 12.5. The van der Waals surface area contributed by atoms with Gasteiger partial charge in [0, 0.05) is 19.3 Å². The predicted molar refractivity (Wildman–Crippen MR) is 86.7 cm³/mol. The molecule has 2 rings (SSSR count). The van der Waals surface area contributed by atoms with Crippen molar-refractivity contribution in [2.45, 2.75) is 32.1 Å². The van der Waals surface area contributed by atoms with Crippen molar-refractivity contribution in [2.24, 2.45) is 5.73 Å². The first kappa shape index (κ1) is 15.7. The predicted octanol–water partition coefficient (Wildman–Crippen LogP) is 1.59. The van der Waals surface area contributed by atoms with Gasteiger partial charge in [-0.05, 0) is 37.3 Å². The standard InChI is InChI=1S/C15H21N3O2S/c1-18(8-7-13(19)20-2)15-11(14(16)21)9-10-5-3-4-6-12(10)17-15/h9H,3-8H2,1-2H3,(H2,16,21). The van der Waals surface area contributed by atoms with E-state index >= 15 is 0 Å². The number of ether oxygens (including phenoxy) is 1. The number of carbonyl (C=O) groups excluding carboxylic acids is 1. The van der Waals surface area contributed by atoms with Crippen LogP contribution in [0.5, 0.6) is 0 Å². The molecule has 0 saturated heterocycles. The molecule has 0 fully saturated rings. The maximum absolute atomic E-state index is 11.3. The lowest BCUT2D eigenvalue weighted by atomic mass is 9.94. The summed E-state index contributed by atoms with van der Waals surface area (Å²) in [5, 5.41) is 0. The highest BCUT2D eigenvalue weighted by Gasteiger charge is 2.19. The highest BCUT2D eigenvalue weighted by Crippen LogP contribution is 2.26. The molecule has 1 heterocycles. The first-order valence-electron chi connectivity index (χ1n) is 7.13. The Labute approximate surface area is 130 Å². The maximum atomic E-state index is 11.3. The highest BCUT2D eigenvalue weighted by atomic mass is 32.1. The number of pyridine rings is 1. The topological polar surface area (TPSA) is 68.5 Å². The van der Waals surface area contributed by atoms with Gasteiger partial charge in [0.1, 0.15) is 10.8 Å². The van der Waals surface area contributed by atoms with Crippen molar-refractivity contribution in [3.05, 3.63) is 22.9 Å². The zero-order valence-corrected chi connectivity index (χ0v) is 13.3. The SMILES string of the molecule is COC(=O)CCN(C)c1nc2c(cc1C(N)=S)CCCC2. The lowest BCUT2D eigenvalue weighted by Gasteiger charge is -2.24. The summed E-state index contributed by atoms with van der Waals surface area (Å²) in [6, 6.07) is 2.06. The van der Waals surface area contributed by atoms with Gasteiger partial charge in [-0.15, -0.1) is 0 Å². The lowest BCUT2D eigenvalue weighted by molar-refractivity contribution is -0.140. The number of anilines is 1. The highest BCUT2D eigenvalue weighted by molar-refractivity contribution is 7.80. The first-order valence-corrected chi connectivity index (χ1v) is 7.54. The maximum Gasteiger partial charge on any atom is 0.307 e. The van der Waals surface area contributed by atoms with Gasteiger partial charge in [0.05, 0.1) is 19.1 Å². The van der Waals surface area contributed by atoms with E-state index in [-0.39, 0.29) is 5.97 Å². The van der Waals surface area contributed by atoms with E-state index in [2.05, 4.69) is 10.8 Å². The van der Waals surface area contributed by atoms with Crippen LogP contribution in [0.4, 0.5) is 5.82 Å². The van der Waals surface area contributed by atoms with Crippen molar-refractivity contribution < 1.29 is 9.53 Å². The molecular formula is C15H21N3O2S. The van der Waals surface area contributed by atoms with E-state index in [1.165, 1.54) is 19.1 Å². The molecule has 0 aliphatic heterocycles. The molecule has 0 unspecified atom stereocenters. The number of aromatic nitrogens is 1. The van der Waals surface area contributed by atoms with E-state index in [4.69, 9.17) is 22.9 Å². The first-order chi connectivity index (χ1) is 10.0. The lowest BCUT2D eigenvalue weighted by Crippen LogP contribution is -2.27. The number of methoxy groups -OCH3 is 1. The summed E-state index contributed by atoms with van der Waals surface area (Å²) in [6.07, 6.45) is 4.68. The van der Waals surface area contributed by atoms with Crippen LogP contribution in [0.2, 0.25) is 0 Å². The fourth-order valence-corrected chi connectivity index (χ4v) is 2.71. The van der Waals surface area contributed by atoms with Gasteiger partial charge in [0.15, 0.2) is 0 Å². The second kappa shape index (κ2) is 6.85. The number of nitrogens with zero attached hydrogens (tertiary/aromatic N) is 2. The average molecular weight is 307 g/mol. The molecular weight excluding hydrogens is 286 g/mol. The van der Waals surface area contributed by atoms with Crippen molar-refractivity contribution in [2.75, 3.05) is 25.6 Å². The number of nitrogens with two attached hydrogens (primary N) is 1. The van der Waals surface area contributed by atoms with Crippen LogP contribution in [0.3, 0.4) is 0 Å². The van der Waals surface area contributed by atoms with E-state index < -0.39 is 0 Å². The minimum absolute atomic E-state index is 0.239. The van der Waals surface area contributed by atoms with Crippen molar-refractivity contribution in [3.8, 4) is 0 Å². The molecule has 1 aliphatic carbocycles. The molecule has 6 heteroatoms. The summed E-state index contributed by atoms with van der Waals surface area (Å²) >= 11 is 5.15. The van der Waals surface area contributed by atoms with Gasteiger partial charge < -0.3 is 15.4 Å². The van der Waals surface area contributed by atoms with Crippen molar-refractivity contribution in [1.82, 2.24) is 4.98 Å². The number of thiocarbonyl (C=S) groups is 1. The molecule has 21 heavy (non-hydrogen) atoms. The summed E-state index contributed by atoms with van der Waals surface area (Å²) in [5.41, 5.74) is 9.00. The number of hydrogen-bond acceptors (Lipinski definition) is 5. The van der Waals surface area contributed by atoms with Crippen LogP contribution >= 0.6 is 12.2 Å². The molecule has 2 N–H and O–H groups in total. The van der Waals surface area contributed by atoms with Gasteiger partial charge >= 0.3 is 5.97 Å². The Morgan fingerprint density at radius 3 is 2.86 bits per heavy atom. The molecule has 114 valence electrons. The smallest absolute Gasteiger partial charge is 0.307 e. The summed E-state index contributed by atoms with van der Waals surface area (Å²) < 4.78 is 4.67. The third-order valence-electron chi connectivity index (χ3n) is 3.79. The molecule has 0 spiro atoms. The van der Waals surface area contributed by atoms with Gasteiger partial charge in [-0.2, -0.15) is 0 Å². The van der Waals surface area contributed by atoms with Gasteiger partial charge in [-0.3, -0.25) is 4.79 Å². The van der Waals surface area contributed by atoms with Crippen LogP contribution in [-0.2, 0) is 22.4 Å². The third kappa shape index (κ3) is 3.69. The Morgan fingerprint density at radius 1 is 1.48 bits per heavy atom. The minimum atomic E-state index is -0.239. The minimum Gasteiger partial charge on any atom is -0.469 e. The summed E-state index contributed by atoms with van der Waals surface area (Å²) in [5.74, 6) is 0.517. The molecule has 1 aliphatic rings. The van der Waals surface area contributed by atoms with E-state index in [0.717, 1.165) is 36.3 Å². The third-order valence-corrected chi connectivity index (χ3v) is 4.01. The largest absolute Gasteiger partial charge is 0.469 e. The van der Waals surface area contributed by atoms with Gasteiger partial charge in [0.25, 0.3) is 0 Å². The van der Waals surface area contributed by atoms with E-state index in [1.54, 1.807) is 0 Å². The van der Waals surface area contributed by atoms with Crippen molar-refractivity contribution in [1.29, 1.82) is 0 Å². The van der Waals surface area contributed by atoms with Crippen LogP contribution in [0.25, 0.3) is 0 Å². The molecule has 5 nitrogen and oxygen atoms in total. The van der Waals surface area contributed by atoms with Crippen molar-refractivity contribution in [3.63, 3.8) is 0 Å². The van der Waals surface area contributed by atoms with Crippen molar-refractivity contribution >= 4 is 29.0 Å². The molecule has 0 aromatic carbocycles. The number of rotatable bonds is 5. The van der Waals surface area contributed by atoms with Crippen LogP contribution in [0, 0.1) is 0 Å². The molecule has 1 aromatic rings. The number of fused-ring (bicyclic) bond motifs is 1. The Balaban J connectivity index is 2.27. The molecule has 0 bridgehead atoms. The Hall–Kier alpha value is -1.69. The second-order valence-electron chi connectivity index (χ2n) is 5.28.